The zero-order chi connectivity index (χ0) is 21.6. The Morgan fingerprint density at radius 1 is 1.16 bits per heavy atom. The summed E-state index contributed by atoms with van der Waals surface area (Å²) in [5.41, 5.74) is 1.19. The molecule has 2 heterocycles. The Morgan fingerprint density at radius 2 is 2.03 bits per heavy atom. The van der Waals surface area contributed by atoms with E-state index in [0.29, 0.717) is 13.2 Å². The van der Waals surface area contributed by atoms with E-state index in [1.165, 1.54) is 5.56 Å². The number of pyridine rings is 1. The minimum absolute atomic E-state index is 0.212. The fraction of sp³-hybridized carbons (Fsp3) is 0.400. The van der Waals surface area contributed by atoms with Gasteiger partial charge in [0.2, 0.25) is 0 Å². The minimum Gasteiger partial charge on any atom is -0.492 e. The highest BCUT2D eigenvalue weighted by atomic mass is 16.5. The lowest BCUT2D eigenvalue weighted by atomic mass is 10.0. The van der Waals surface area contributed by atoms with Crippen molar-refractivity contribution in [3.05, 3.63) is 66.5 Å². The number of aliphatic hydroxyl groups is 1. The number of rotatable bonds is 8. The molecule has 1 aliphatic rings. The number of aromatic nitrogens is 1. The van der Waals surface area contributed by atoms with E-state index in [2.05, 4.69) is 26.9 Å². The third kappa shape index (κ3) is 5.73. The van der Waals surface area contributed by atoms with E-state index in [-0.39, 0.29) is 6.10 Å². The van der Waals surface area contributed by atoms with Crippen LogP contribution in [0.3, 0.4) is 0 Å². The first-order chi connectivity index (χ1) is 15.1. The van der Waals surface area contributed by atoms with Gasteiger partial charge in [-0.25, -0.2) is 0 Å². The van der Waals surface area contributed by atoms with Crippen molar-refractivity contribution >= 4 is 10.8 Å². The van der Waals surface area contributed by atoms with Gasteiger partial charge in [-0.1, -0.05) is 24.3 Å². The highest BCUT2D eigenvalue weighted by molar-refractivity contribution is 5.87. The predicted octanol–water partition coefficient (Wildman–Crippen LogP) is 3.19. The quantitative estimate of drug-likeness (QED) is 0.603. The molecule has 1 N–H and O–H groups in total. The van der Waals surface area contributed by atoms with Crippen molar-refractivity contribution < 1.29 is 14.6 Å². The van der Waals surface area contributed by atoms with Crippen LogP contribution in [0.15, 0.2) is 60.9 Å². The number of likely N-dealkylation sites (tertiary alicyclic amines) is 1. The summed E-state index contributed by atoms with van der Waals surface area (Å²) in [5, 5.41) is 12.8. The number of aliphatic hydroxyl groups excluding tert-OH is 1. The molecule has 0 amide bonds. The van der Waals surface area contributed by atoms with Gasteiger partial charge in [0, 0.05) is 49.3 Å². The van der Waals surface area contributed by atoms with Gasteiger partial charge in [-0.3, -0.25) is 9.88 Å². The Morgan fingerprint density at radius 3 is 2.87 bits per heavy atom. The number of piperidine rings is 1. The minimum atomic E-state index is -0.537. The maximum Gasteiger partial charge on any atom is 0.127 e. The molecule has 1 aromatic heterocycles. The van der Waals surface area contributed by atoms with Gasteiger partial charge < -0.3 is 19.5 Å². The summed E-state index contributed by atoms with van der Waals surface area (Å²) in [5.74, 6) is 1.70. The average molecular weight is 422 g/mol. The number of nitrogens with zero attached hydrogens (tertiary/aromatic N) is 3. The average Bonchev–Trinajstić information content (AvgIpc) is 2.76. The molecule has 6 nitrogen and oxygen atoms in total. The van der Waals surface area contributed by atoms with Crippen LogP contribution in [0, 0.1) is 0 Å². The van der Waals surface area contributed by atoms with Crippen LogP contribution in [0.4, 0.5) is 0 Å². The van der Waals surface area contributed by atoms with Gasteiger partial charge in [-0.05, 0) is 50.3 Å². The van der Waals surface area contributed by atoms with Gasteiger partial charge in [0.05, 0.1) is 0 Å². The van der Waals surface area contributed by atoms with Crippen LogP contribution < -0.4 is 9.47 Å². The van der Waals surface area contributed by atoms with E-state index in [1.807, 2.05) is 56.7 Å². The number of ether oxygens (including phenoxy) is 2. The monoisotopic (exact) mass is 421 g/mol. The molecule has 2 aromatic carbocycles. The molecule has 164 valence electrons. The van der Waals surface area contributed by atoms with Crippen molar-refractivity contribution in [2.45, 2.75) is 25.2 Å². The summed E-state index contributed by atoms with van der Waals surface area (Å²) in [6.07, 6.45) is 3.63. The van der Waals surface area contributed by atoms with Crippen LogP contribution >= 0.6 is 0 Å². The molecule has 1 saturated heterocycles. The normalized spacial score (nSPS) is 19.6. The predicted molar refractivity (Wildman–Crippen MR) is 123 cm³/mol. The molecule has 1 fully saturated rings. The van der Waals surface area contributed by atoms with E-state index in [4.69, 9.17) is 9.47 Å². The number of hydrogen-bond donors (Lipinski definition) is 1. The first-order valence-corrected chi connectivity index (χ1v) is 10.8. The van der Waals surface area contributed by atoms with Crippen LogP contribution in [0.5, 0.6) is 11.5 Å². The zero-order valence-corrected chi connectivity index (χ0v) is 18.3. The van der Waals surface area contributed by atoms with E-state index in [1.54, 1.807) is 6.20 Å². The number of fused-ring (bicyclic) bond motifs is 1. The molecule has 4 rings (SSSR count). The molecule has 6 heteroatoms. The SMILES string of the molecule is CN(C)CCOc1cccc(CN2CC[C@@H](Oc3cccc4cnccc34)[C@H](O)C2)c1. The largest absolute Gasteiger partial charge is 0.492 e. The van der Waals surface area contributed by atoms with Crippen LogP contribution in [0.25, 0.3) is 10.8 Å². The summed E-state index contributed by atoms with van der Waals surface area (Å²) in [6, 6.07) is 16.1. The van der Waals surface area contributed by atoms with Gasteiger partial charge in [0.25, 0.3) is 0 Å². The molecule has 0 aliphatic carbocycles. The fourth-order valence-electron chi connectivity index (χ4n) is 3.95. The molecule has 0 spiro atoms. The number of likely N-dealkylation sites (N-methyl/N-ethyl adjacent to an activating group) is 1. The summed E-state index contributed by atoms with van der Waals surface area (Å²) in [4.78, 5) is 8.55. The number of hydrogen-bond acceptors (Lipinski definition) is 6. The third-order valence-corrected chi connectivity index (χ3v) is 5.64. The van der Waals surface area contributed by atoms with E-state index in [0.717, 1.165) is 48.3 Å². The Balaban J connectivity index is 1.33. The number of benzene rings is 2. The second-order valence-electron chi connectivity index (χ2n) is 8.40. The molecule has 31 heavy (non-hydrogen) atoms. The first kappa shape index (κ1) is 21.6. The molecule has 3 aromatic rings. The molecule has 0 bridgehead atoms. The van der Waals surface area contributed by atoms with Crippen LogP contribution in [-0.2, 0) is 6.54 Å². The highest BCUT2D eigenvalue weighted by Gasteiger charge is 2.29. The molecule has 1 aliphatic heterocycles. The van der Waals surface area contributed by atoms with E-state index < -0.39 is 6.10 Å². The van der Waals surface area contributed by atoms with Crippen LogP contribution in [-0.4, -0.2) is 72.4 Å². The topological polar surface area (TPSA) is 58.1 Å². The van der Waals surface area contributed by atoms with Crippen molar-refractivity contribution in [2.24, 2.45) is 0 Å². The molecular formula is C25H31N3O3. The van der Waals surface area contributed by atoms with Gasteiger partial charge >= 0.3 is 0 Å². The summed E-state index contributed by atoms with van der Waals surface area (Å²) < 4.78 is 12.1. The lowest BCUT2D eigenvalue weighted by Gasteiger charge is -2.36. The molecule has 0 unspecified atom stereocenters. The molecular weight excluding hydrogens is 390 g/mol. The standard InChI is InChI=1S/C25H31N3O3/c1-27(2)13-14-30-21-7-3-5-19(15-21)17-28-12-10-25(23(29)18-28)31-24-8-4-6-20-16-26-11-9-22(20)24/h3-9,11,15-16,23,25,29H,10,12-14,17-18H2,1-2H3/t23-,25-/m1/s1. The first-order valence-electron chi connectivity index (χ1n) is 10.8. The van der Waals surface area contributed by atoms with Crippen molar-refractivity contribution in [3.63, 3.8) is 0 Å². The van der Waals surface area contributed by atoms with Crippen molar-refractivity contribution in [3.8, 4) is 11.5 Å². The Kier molecular flexibility index (Phi) is 7.02. The van der Waals surface area contributed by atoms with Gasteiger partial charge in [0.15, 0.2) is 0 Å². The second kappa shape index (κ2) is 10.1. The highest BCUT2D eigenvalue weighted by Crippen LogP contribution is 2.28. The van der Waals surface area contributed by atoms with Gasteiger partial charge in [0.1, 0.15) is 30.3 Å². The third-order valence-electron chi connectivity index (χ3n) is 5.64. The van der Waals surface area contributed by atoms with Crippen LogP contribution in [0.2, 0.25) is 0 Å². The molecule has 0 saturated carbocycles. The summed E-state index contributed by atoms with van der Waals surface area (Å²) in [7, 11) is 4.08. The maximum absolute atomic E-state index is 10.8. The maximum atomic E-state index is 10.8. The Bertz CT molecular complexity index is 989. The van der Waals surface area contributed by atoms with Gasteiger partial charge in [-0.15, -0.1) is 0 Å². The second-order valence-corrected chi connectivity index (χ2v) is 8.40. The Hall–Kier alpha value is -2.67. The van der Waals surface area contributed by atoms with Crippen molar-refractivity contribution in [1.29, 1.82) is 0 Å². The fourth-order valence-corrected chi connectivity index (χ4v) is 3.95. The number of β-amino-alcohol motifs (C(OH)–C–C–N with tert-alkyl or cyclic N) is 1. The summed E-state index contributed by atoms with van der Waals surface area (Å²) >= 11 is 0. The smallest absolute Gasteiger partial charge is 0.127 e. The van der Waals surface area contributed by atoms with Gasteiger partial charge in [-0.2, -0.15) is 0 Å². The van der Waals surface area contributed by atoms with E-state index in [9.17, 15) is 5.11 Å². The molecule has 2 atom stereocenters. The lowest BCUT2D eigenvalue weighted by Crippen LogP contribution is -2.48. The van der Waals surface area contributed by atoms with Crippen molar-refractivity contribution in [2.75, 3.05) is 40.3 Å². The lowest BCUT2D eigenvalue weighted by molar-refractivity contribution is -0.0269. The zero-order valence-electron chi connectivity index (χ0n) is 18.3. The van der Waals surface area contributed by atoms with E-state index >= 15 is 0 Å². The Labute approximate surface area is 184 Å². The van der Waals surface area contributed by atoms with Crippen molar-refractivity contribution in [1.82, 2.24) is 14.8 Å². The van der Waals surface area contributed by atoms with Crippen LogP contribution in [0.1, 0.15) is 12.0 Å². The summed E-state index contributed by atoms with van der Waals surface area (Å²) in [6.45, 7) is 3.80. The molecule has 0 radical (unpaired) electrons.